The highest BCUT2D eigenvalue weighted by Gasteiger charge is 2.33. The van der Waals surface area contributed by atoms with Crippen molar-refractivity contribution in [2.45, 2.75) is 32.1 Å². The van der Waals surface area contributed by atoms with Crippen molar-refractivity contribution in [1.82, 2.24) is 19.3 Å². The van der Waals surface area contributed by atoms with Crippen LogP contribution < -0.4 is 4.90 Å². The average Bonchev–Trinajstić information content (AvgIpc) is 3.29. The number of allylic oxidation sites excluding steroid dienone is 1. The number of para-hydroxylation sites is 1. The zero-order chi connectivity index (χ0) is 16.5. The van der Waals surface area contributed by atoms with E-state index in [9.17, 15) is 0 Å². The molecular weight excluding hydrogens is 338 g/mol. The van der Waals surface area contributed by atoms with Crippen LogP contribution in [-0.4, -0.2) is 25.9 Å². The molecule has 1 fully saturated rings. The molecule has 3 aromatic rings. The number of rotatable bonds is 5. The van der Waals surface area contributed by atoms with Crippen molar-refractivity contribution in [3.05, 3.63) is 53.0 Å². The van der Waals surface area contributed by atoms with E-state index in [1.807, 2.05) is 26.7 Å². The summed E-state index contributed by atoms with van der Waals surface area (Å²) in [6, 6.07) is 8.81. The molecule has 1 N–H and O–H groups in total. The SMILES string of the molecule is C=CCn1cnn(C[NH+]2CCC[C@H]2c2nc3ccccc3s2)c1=S. The minimum atomic E-state index is 0.439. The highest BCUT2D eigenvalue weighted by atomic mass is 32.1. The van der Waals surface area contributed by atoms with Gasteiger partial charge < -0.3 is 9.47 Å². The second kappa shape index (κ2) is 6.58. The molecule has 0 aliphatic carbocycles. The normalized spacial score (nSPS) is 20.7. The predicted molar refractivity (Wildman–Crippen MR) is 98.7 cm³/mol. The van der Waals surface area contributed by atoms with Crippen LogP contribution in [0.5, 0.6) is 0 Å². The summed E-state index contributed by atoms with van der Waals surface area (Å²) in [5.41, 5.74) is 1.11. The van der Waals surface area contributed by atoms with Crippen molar-refractivity contribution in [3.63, 3.8) is 0 Å². The van der Waals surface area contributed by atoms with E-state index in [1.54, 1.807) is 6.33 Å². The molecule has 1 aromatic carbocycles. The Kier molecular flexibility index (Phi) is 4.30. The zero-order valence-electron chi connectivity index (χ0n) is 13.4. The number of nitrogens with one attached hydrogen (secondary N) is 1. The Labute approximate surface area is 149 Å². The molecule has 0 radical (unpaired) electrons. The van der Waals surface area contributed by atoms with Crippen molar-refractivity contribution in [2.24, 2.45) is 0 Å². The first-order valence-electron chi connectivity index (χ1n) is 8.19. The Morgan fingerprint density at radius 3 is 3.12 bits per heavy atom. The molecule has 3 heterocycles. The lowest BCUT2D eigenvalue weighted by molar-refractivity contribution is -0.941. The van der Waals surface area contributed by atoms with Crippen LogP contribution in [0.2, 0.25) is 0 Å². The molecule has 2 atom stereocenters. The highest BCUT2D eigenvalue weighted by molar-refractivity contribution is 7.71. The van der Waals surface area contributed by atoms with E-state index in [1.165, 1.54) is 27.4 Å². The minimum Gasteiger partial charge on any atom is -0.308 e. The molecule has 1 saturated heterocycles. The summed E-state index contributed by atoms with van der Waals surface area (Å²) in [4.78, 5) is 6.36. The van der Waals surface area contributed by atoms with Crippen LogP contribution in [-0.2, 0) is 13.2 Å². The molecule has 7 heteroatoms. The highest BCUT2D eigenvalue weighted by Crippen LogP contribution is 2.28. The average molecular weight is 359 g/mol. The lowest BCUT2D eigenvalue weighted by Crippen LogP contribution is -3.09. The molecule has 5 nitrogen and oxygen atoms in total. The molecule has 124 valence electrons. The number of nitrogens with zero attached hydrogens (tertiary/aromatic N) is 4. The maximum Gasteiger partial charge on any atom is 0.202 e. The summed E-state index contributed by atoms with van der Waals surface area (Å²) in [7, 11) is 0. The first-order valence-corrected chi connectivity index (χ1v) is 9.42. The van der Waals surface area contributed by atoms with Gasteiger partial charge in [-0.3, -0.25) is 0 Å². The molecule has 1 unspecified atom stereocenters. The van der Waals surface area contributed by atoms with Crippen molar-refractivity contribution in [1.29, 1.82) is 0 Å². The molecule has 24 heavy (non-hydrogen) atoms. The van der Waals surface area contributed by atoms with Crippen molar-refractivity contribution < 1.29 is 4.90 Å². The fraction of sp³-hybridized carbons (Fsp3) is 0.353. The van der Waals surface area contributed by atoms with Crippen LogP contribution in [0.15, 0.2) is 43.2 Å². The number of aromatic nitrogens is 4. The number of fused-ring (bicyclic) bond motifs is 1. The Balaban J connectivity index is 1.58. The van der Waals surface area contributed by atoms with E-state index < -0.39 is 0 Å². The number of benzene rings is 1. The maximum atomic E-state index is 5.52. The Bertz CT molecular complexity index is 889. The third kappa shape index (κ3) is 2.83. The molecule has 0 amide bonds. The van der Waals surface area contributed by atoms with Gasteiger partial charge in [-0.2, -0.15) is 9.78 Å². The van der Waals surface area contributed by atoms with Gasteiger partial charge in [-0.05, 0) is 24.4 Å². The third-order valence-electron chi connectivity index (χ3n) is 4.57. The molecule has 0 saturated carbocycles. The van der Waals surface area contributed by atoms with E-state index in [0.717, 1.165) is 23.5 Å². The summed E-state index contributed by atoms with van der Waals surface area (Å²) in [6.07, 6.45) is 6.03. The van der Waals surface area contributed by atoms with Gasteiger partial charge in [-0.25, -0.2) is 4.98 Å². The third-order valence-corrected chi connectivity index (χ3v) is 6.16. The van der Waals surface area contributed by atoms with Crippen LogP contribution in [0.4, 0.5) is 0 Å². The van der Waals surface area contributed by atoms with E-state index in [-0.39, 0.29) is 0 Å². The zero-order valence-corrected chi connectivity index (χ0v) is 15.0. The summed E-state index contributed by atoms with van der Waals surface area (Å²) < 4.78 is 5.91. The summed E-state index contributed by atoms with van der Waals surface area (Å²) in [5, 5.41) is 5.70. The van der Waals surface area contributed by atoms with Crippen LogP contribution in [0.1, 0.15) is 23.9 Å². The summed E-state index contributed by atoms with van der Waals surface area (Å²) in [5.74, 6) is 0. The molecule has 0 bridgehead atoms. The number of likely N-dealkylation sites (tertiary alicyclic amines) is 1. The first kappa shape index (κ1) is 15.7. The molecular formula is C17H20N5S2+. The fourth-order valence-corrected chi connectivity index (χ4v) is 4.77. The van der Waals surface area contributed by atoms with Crippen LogP contribution in [0, 0.1) is 4.77 Å². The monoisotopic (exact) mass is 358 g/mol. The van der Waals surface area contributed by atoms with Crippen LogP contribution in [0.25, 0.3) is 10.2 Å². The molecule has 4 rings (SSSR count). The van der Waals surface area contributed by atoms with Crippen LogP contribution >= 0.6 is 23.6 Å². The largest absolute Gasteiger partial charge is 0.308 e. The molecule has 1 aliphatic rings. The lowest BCUT2D eigenvalue weighted by atomic mass is 10.2. The van der Waals surface area contributed by atoms with Gasteiger partial charge >= 0.3 is 0 Å². The van der Waals surface area contributed by atoms with Gasteiger partial charge in [0.25, 0.3) is 0 Å². The Morgan fingerprint density at radius 2 is 2.29 bits per heavy atom. The van der Waals surface area contributed by atoms with Crippen molar-refractivity contribution in [3.8, 4) is 0 Å². The Morgan fingerprint density at radius 1 is 1.42 bits per heavy atom. The van der Waals surface area contributed by atoms with Gasteiger partial charge in [0.2, 0.25) is 4.77 Å². The second-order valence-electron chi connectivity index (χ2n) is 6.14. The molecule has 1 aliphatic heterocycles. The molecule has 2 aromatic heterocycles. The number of hydrogen-bond donors (Lipinski definition) is 1. The van der Waals surface area contributed by atoms with Gasteiger partial charge in [-0.15, -0.1) is 17.9 Å². The van der Waals surface area contributed by atoms with Crippen LogP contribution in [0.3, 0.4) is 0 Å². The van der Waals surface area contributed by atoms with E-state index in [4.69, 9.17) is 17.2 Å². The predicted octanol–water partition coefficient (Wildman–Crippen LogP) is 2.59. The minimum absolute atomic E-state index is 0.439. The quantitative estimate of drug-likeness (QED) is 0.563. The van der Waals surface area contributed by atoms with E-state index in [2.05, 4.69) is 35.9 Å². The van der Waals surface area contributed by atoms with Gasteiger partial charge in [0.15, 0.2) is 11.7 Å². The smallest absolute Gasteiger partial charge is 0.202 e. The van der Waals surface area contributed by atoms with Gasteiger partial charge in [0.05, 0.1) is 16.8 Å². The first-order chi connectivity index (χ1) is 11.8. The fourth-order valence-electron chi connectivity index (χ4n) is 3.37. The van der Waals surface area contributed by atoms with Crippen molar-refractivity contribution >= 4 is 33.8 Å². The van der Waals surface area contributed by atoms with E-state index >= 15 is 0 Å². The Hall–Kier alpha value is -1.83. The number of hydrogen-bond acceptors (Lipinski definition) is 4. The summed E-state index contributed by atoms with van der Waals surface area (Å²) in [6.45, 7) is 6.40. The maximum absolute atomic E-state index is 5.52. The number of thiazole rings is 1. The lowest BCUT2D eigenvalue weighted by Gasteiger charge is -2.19. The van der Waals surface area contributed by atoms with Gasteiger partial charge in [0.1, 0.15) is 12.4 Å². The number of quaternary nitrogens is 1. The van der Waals surface area contributed by atoms with E-state index in [0.29, 0.717) is 12.6 Å². The van der Waals surface area contributed by atoms with Gasteiger partial charge in [-0.1, -0.05) is 18.2 Å². The van der Waals surface area contributed by atoms with Gasteiger partial charge in [0, 0.05) is 19.4 Å². The topological polar surface area (TPSA) is 40.1 Å². The standard InChI is InChI=1S/C17H19N5S2/c1-2-9-20-11-18-22(17(20)23)12-21-10-5-7-14(21)16-19-13-6-3-4-8-15(13)24-16/h2-4,6,8,11,14H,1,5,7,9-10,12H2/p+1/t14-/m0/s1. The van der Waals surface area contributed by atoms with Crippen molar-refractivity contribution in [2.75, 3.05) is 6.54 Å². The second-order valence-corrected chi connectivity index (χ2v) is 7.56. The summed E-state index contributed by atoms with van der Waals surface area (Å²) >= 11 is 7.34. The molecule has 0 spiro atoms.